The number of ether oxygens (including phenoxy) is 1. The van der Waals surface area contributed by atoms with Crippen molar-refractivity contribution in [3.8, 4) is 5.69 Å². The van der Waals surface area contributed by atoms with Crippen LogP contribution in [0.3, 0.4) is 0 Å². The fourth-order valence-corrected chi connectivity index (χ4v) is 4.24. The number of aryl methyl sites for hydroxylation is 1. The Bertz CT molecular complexity index is 1040. The lowest BCUT2D eigenvalue weighted by atomic mass is 9.73. The lowest BCUT2D eigenvalue weighted by Gasteiger charge is -2.36. The first-order valence-corrected chi connectivity index (χ1v) is 10.2. The van der Waals surface area contributed by atoms with Gasteiger partial charge in [-0.25, -0.2) is 9.07 Å². The predicted molar refractivity (Wildman–Crippen MR) is 113 cm³/mol. The van der Waals surface area contributed by atoms with Gasteiger partial charge in [-0.05, 0) is 56.5 Å². The van der Waals surface area contributed by atoms with Crippen molar-refractivity contribution < 1.29 is 13.9 Å². The number of carbonyl (C=O) groups excluding carboxylic acids is 1. The van der Waals surface area contributed by atoms with Crippen LogP contribution in [-0.2, 0) is 21.5 Å². The van der Waals surface area contributed by atoms with Crippen LogP contribution in [0.1, 0.15) is 35.4 Å². The van der Waals surface area contributed by atoms with Crippen molar-refractivity contribution in [2.45, 2.75) is 38.6 Å². The third-order valence-electron chi connectivity index (χ3n) is 6.03. The van der Waals surface area contributed by atoms with Gasteiger partial charge in [-0.15, -0.1) is 0 Å². The predicted octanol–water partition coefficient (Wildman–Crippen LogP) is 3.99. The van der Waals surface area contributed by atoms with Gasteiger partial charge in [-0.3, -0.25) is 4.79 Å². The van der Waals surface area contributed by atoms with E-state index in [1.54, 1.807) is 6.07 Å². The number of nitrogens with one attached hydrogen (secondary N) is 1. The zero-order chi connectivity index (χ0) is 21.1. The second-order valence-electron chi connectivity index (χ2n) is 7.78. The summed E-state index contributed by atoms with van der Waals surface area (Å²) in [5, 5.41) is 7.76. The molecule has 0 bridgehead atoms. The zero-order valence-corrected chi connectivity index (χ0v) is 17.3. The molecular weight excluding hydrogens is 381 g/mol. The molecule has 2 heterocycles. The SMILES string of the molecule is Cc1nn(-c2ccccc2)c(C)c1CNC(=O)C1(c2cccc(F)c2)CCOCC1. The Kier molecular flexibility index (Phi) is 5.68. The van der Waals surface area contributed by atoms with E-state index in [-0.39, 0.29) is 11.7 Å². The summed E-state index contributed by atoms with van der Waals surface area (Å²) in [6.45, 7) is 5.29. The van der Waals surface area contributed by atoms with Crippen LogP contribution in [0.15, 0.2) is 54.6 Å². The van der Waals surface area contributed by atoms with Gasteiger partial charge in [0.1, 0.15) is 5.82 Å². The largest absolute Gasteiger partial charge is 0.381 e. The number of aromatic nitrogens is 2. The van der Waals surface area contributed by atoms with E-state index in [0.717, 1.165) is 22.6 Å². The highest BCUT2D eigenvalue weighted by atomic mass is 19.1. The molecule has 1 N–H and O–H groups in total. The Hall–Kier alpha value is -2.99. The van der Waals surface area contributed by atoms with Crippen LogP contribution in [0, 0.1) is 19.7 Å². The molecule has 156 valence electrons. The smallest absolute Gasteiger partial charge is 0.231 e. The molecule has 0 radical (unpaired) electrons. The molecule has 0 saturated carbocycles. The molecule has 30 heavy (non-hydrogen) atoms. The number of nitrogens with zero attached hydrogens (tertiary/aromatic N) is 2. The van der Waals surface area contributed by atoms with Gasteiger partial charge in [0.25, 0.3) is 0 Å². The fraction of sp³-hybridized carbons (Fsp3) is 0.333. The average molecular weight is 407 g/mol. The van der Waals surface area contributed by atoms with Crippen molar-refractivity contribution in [3.05, 3.63) is 82.9 Å². The van der Waals surface area contributed by atoms with Crippen molar-refractivity contribution in [1.29, 1.82) is 0 Å². The molecule has 1 amide bonds. The number of carbonyl (C=O) groups is 1. The van der Waals surface area contributed by atoms with Gasteiger partial charge in [0.2, 0.25) is 5.91 Å². The highest BCUT2D eigenvalue weighted by Crippen LogP contribution is 2.35. The van der Waals surface area contributed by atoms with Gasteiger partial charge in [-0.1, -0.05) is 30.3 Å². The first-order valence-electron chi connectivity index (χ1n) is 10.2. The van der Waals surface area contributed by atoms with E-state index in [1.165, 1.54) is 12.1 Å². The van der Waals surface area contributed by atoms with E-state index in [9.17, 15) is 9.18 Å². The summed E-state index contributed by atoms with van der Waals surface area (Å²) in [7, 11) is 0. The van der Waals surface area contributed by atoms with Gasteiger partial charge in [0, 0.05) is 31.0 Å². The van der Waals surface area contributed by atoms with Crippen molar-refractivity contribution in [2.75, 3.05) is 13.2 Å². The van der Waals surface area contributed by atoms with Crippen LogP contribution in [-0.4, -0.2) is 28.9 Å². The van der Waals surface area contributed by atoms with E-state index in [4.69, 9.17) is 4.74 Å². The number of hydrogen-bond donors (Lipinski definition) is 1. The third-order valence-corrected chi connectivity index (χ3v) is 6.03. The third kappa shape index (κ3) is 3.75. The van der Waals surface area contributed by atoms with Crippen molar-refractivity contribution in [3.63, 3.8) is 0 Å². The van der Waals surface area contributed by atoms with Crippen molar-refractivity contribution in [1.82, 2.24) is 15.1 Å². The number of amides is 1. The van der Waals surface area contributed by atoms with Gasteiger partial charge in [0.15, 0.2) is 0 Å². The van der Waals surface area contributed by atoms with Crippen LogP contribution < -0.4 is 5.32 Å². The second kappa shape index (κ2) is 8.40. The Morgan fingerprint density at radius 1 is 1.13 bits per heavy atom. The van der Waals surface area contributed by atoms with E-state index >= 15 is 0 Å². The van der Waals surface area contributed by atoms with E-state index in [1.807, 2.05) is 54.9 Å². The molecule has 6 heteroatoms. The fourth-order valence-electron chi connectivity index (χ4n) is 4.24. The van der Waals surface area contributed by atoms with Crippen molar-refractivity contribution in [2.24, 2.45) is 0 Å². The summed E-state index contributed by atoms with van der Waals surface area (Å²) in [5.41, 5.74) is 3.77. The molecule has 0 atom stereocenters. The topological polar surface area (TPSA) is 56.2 Å². The summed E-state index contributed by atoms with van der Waals surface area (Å²) < 4.78 is 21.3. The van der Waals surface area contributed by atoms with E-state index < -0.39 is 5.41 Å². The number of para-hydroxylation sites is 1. The molecular formula is C24H26FN3O2. The Morgan fingerprint density at radius 2 is 1.87 bits per heavy atom. The van der Waals surface area contributed by atoms with Crippen LogP contribution in [0.25, 0.3) is 5.69 Å². The Balaban J connectivity index is 1.58. The molecule has 0 unspecified atom stereocenters. The molecule has 4 rings (SSSR count). The van der Waals surface area contributed by atoms with Crippen LogP contribution in [0.2, 0.25) is 0 Å². The highest BCUT2D eigenvalue weighted by Gasteiger charge is 2.41. The van der Waals surface area contributed by atoms with Gasteiger partial charge in [0.05, 0.1) is 16.8 Å². The molecule has 2 aromatic carbocycles. The van der Waals surface area contributed by atoms with Gasteiger partial charge in [-0.2, -0.15) is 5.10 Å². The quantitative estimate of drug-likeness (QED) is 0.696. The molecule has 1 fully saturated rings. The monoisotopic (exact) mass is 407 g/mol. The lowest BCUT2D eigenvalue weighted by Crippen LogP contribution is -2.48. The Morgan fingerprint density at radius 3 is 2.57 bits per heavy atom. The van der Waals surface area contributed by atoms with Crippen molar-refractivity contribution >= 4 is 5.91 Å². The lowest BCUT2D eigenvalue weighted by molar-refractivity contribution is -0.130. The maximum atomic E-state index is 13.9. The normalized spacial score (nSPS) is 15.7. The first kappa shape index (κ1) is 20.3. The molecule has 3 aromatic rings. The molecule has 0 spiro atoms. The summed E-state index contributed by atoms with van der Waals surface area (Å²) in [6, 6.07) is 16.3. The Labute approximate surface area is 175 Å². The minimum atomic E-state index is -0.780. The van der Waals surface area contributed by atoms with Crippen LogP contribution in [0.5, 0.6) is 0 Å². The zero-order valence-electron chi connectivity index (χ0n) is 17.3. The molecule has 1 aliphatic heterocycles. The molecule has 5 nitrogen and oxygen atoms in total. The number of halogens is 1. The summed E-state index contributed by atoms with van der Waals surface area (Å²) in [5.74, 6) is -0.426. The molecule has 1 aliphatic rings. The molecule has 0 aliphatic carbocycles. The minimum Gasteiger partial charge on any atom is -0.381 e. The second-order valence-corrected chi connectivity index (χ2v) is 7.78. The number of benzene rings is 2. The first-order chi connectivity index (χ1) is 14.5. The average Bonchev–Trinajstić information content (AvgIpc) is 3.06. The standard InChI is InChI=1S/C24H26FN3O2/c1-17-22(18(2)28(27-17)21-9-4-3-5-10-21)16-26-23(29)24(11-13-30-14-12-24)19-7-6-8-20(25)15-19/h3-10,15H,11-14,16H2,1-2H3,(H,26,29). The summed E-state index contributed by atoms with van der Waals surface area (Å²) in [4.78, 5) is 13.4. The van der Waals surface area contributed by atoms with Crippen LogP contribution >= 0.6 is 0 Å². The van der Waals surface area contributed by atoms with Gasteiger partial charge < -0.3 is 10.1 Å². The highest BCUT2D eigenvalue weighted by molar-refractivity contribution is 5.88. The molecule has 1 saturated heterocycles. The van der Waals surface area contributed by atoms with E-state index in [0.29, 0.717) is 38.2 Å². The molecule has 1 aromatic heterocycles. The summed E-state index contributed by atoms with van der Waals surface area (Å²) >= 11 is 0. The number of rotatable bonds is 5. The summed E-state index contributed by atoms with van der Waals surface area (Å²) in [6.07, 6.45) is 1.06. The maximum absolute atomic E-state index is 13.9. The minimum absolute atomic E-state index is 0.0948. The van der Waals surface area contributed by atoms with Crippen LogP contribution in [0.4, 0.5) is 4.39 Å². The maximum Gasteiger partial charge on any atom is 0.231 e. The number of hydrogen-bond acceptors (Lipinski definition) is 3. The van der Waals surface area contributed by atoms with Gasteiger partial charge >= 0.3 is 0 Å². The van der Waals surface area contributed by atoms with E-state index in [2.05, 4.69) is 10.4 Å².